The molecule has 1 aromatic carbocycles. The predicted octanol–water partition coefficient (Wildman–Crippen LogP) is 3.10. The van der Waals surface area contributed by atoms with E-state index in [1.165, 1.54) is 11.3 Å². The average molecular weight is 228 g/mol. The maximum absolute atomic E-state index is 10.6. The molecule has 0 bridgehead atoms. The summed E-state index contributed by atoms with van der Waals surface area (Å²) in [6, 6.07) is 11.7. The van der Waals surface area contributed by atoms with Crippen molar-refractivity contribution in [2.75, 3.05) is 0 Å². The first-order valence-corrected chi connectivity index (χ1v) is 5.68. The molecule has 3 nitrogen and oxygen atoms in total. The molecule has 0 fully saturated rings. The number of thiophene rings is 1. The van der Waals surface area contributed by atoms with E-state index in [0.29, 0.717) is 0 Å². The van der Waals surface area contributed by atoms with Crippen molar-refractivity contribution in [1.29, 1.82) is 0 Å². The van der Waals surface area contributed by atoms with Crippen LogP contribution in [0.25, 0.3) is 21.5 Å². The van der Waals surface area contributed by atoms with E-state index >= 15 is 0 Å². The second-order valence-corrected chi connectivity index (χ2v) is 4.55. The molecule has 78 valence electrons. The van der Waals surface area contributed by atoms with Crippen molar-refractivity contribution in [1.82, 2.24) is 10.2 Å². The van der Waals surface area contributed by atoms with Gasteiger partial charge in [0.05, 0.1) is 15.3 Å². The molecule has 16 heavy (non-hydrogen) atoms. The van der Waals surface area contributed by atoms with Crippen LogP contribution in [0, 0.1) is 0 Å². The Morgan fingerprint density at radius 1 is 1.19 bits per heavy atom. The molecule has 0 aliphatic rings. The second kappa shape index (κ2) is 3.57. The lowest BCUT2D eigenvalue weighted by molar-refractivity contribution is 0.112. The highest BCUT2D eigenvalue weighted by atomic mass is 32.1. The molecule has 0 unspecified atom stereocenters. The fourth-order valence-electron chi connectivity index (χ4n) is 1.69. The Bertz CT molecular complexity index is 654. The lowest BCUT2D eigenvalue weighted by Crippen LogP contribution is -1.71. The number of carbonyl (C=O) groups excluding carboxylic acids is 1. The molecule has 4 heteroatoms. The van der Waals surface area contributed by atoms with Gasteiger partial charge >= 0.3 is 0 Å². The molecular formula is C12H8N2OS. The molecule has 0 aliphatic carbocycles. The third-order valence-electron chi connectivity index (χ3n) is 2.45. The number of aromatic nitrogens is 2. The Labute approximate surface area is 95.7 Å². The number of benzene rings is 1. The largest absolute Gasteiger partial charge is 0.297 e. The minimum absolute atomic E-state index is 0.724. The van der Waals surface area contributed by atoms with Crippen LogP contribution in [-0.2, 0) is 0 Å². The Balaban J connectivity index is 2.21. The van der Waals surface area contributed by atoms with Gasteiger partial charge in [-0.25, -0.2) is 0 Å². The quantitative estimate of drug-likeness (QED) is 0.685. The number of nitrogens with one attached hydrogen (secondary N) is 1. The number of fused-ring (bicyclic) bond motifs is 1. The highest BCUT2D eigenvalue weighted by Gasteiger charge is 2.09. The van der Waals surface area contributed by atoms with Crippen LogP contribution in [0.5, 0.6) is 0 Å². The number of nitrogens with zero attached hydrogens (tertiary/aromatic N) is 1. The molecule has 0 amide bonds. The van der Waals surface area contributed by atoms with Crippen molar-refractivity contribution < 1.29 is 4.79 Å². The van der Waals surface area contributed by atoms with Crippen LogP contribution in [0.15, 0.2) is 36.4 Å². The third-order valence-corrected chi connectivity index (χ3v) is 3.46. The molecular weight excluding hydrogens is 220 g/mol. The minimum Gasteiger partial charge on any atom is -0.297 e. The lowest BCUT2D eigenvalue weighted by atomic mass is 10.2. The first-order chi connectivity index (χ1) is 7.88. The molecule has 2 aromatic heterocycles. The van der Waals surface area contributed by atoms with E-state index in [1.807, 2.05) is 36.4 Å². The normalized spacial score (nSPS) is 10.8. The Morgan fingerprint density at radius 2 is 2.06 bits per heavy atom. The van der Waals surface area contributed by atoms with Gasteiger partial charge in [0.15, 0.2) is 6.29 Å². The summed E-state index contributed by atoms with van der Waals surface area (Å²) in [5.74, 6) is 0. The van der Waals surface area contributed by atoms with Gasteiger partial charge in [-0.05, 0) is 18.2 Å². The van der Waals surface area contributed by atoms with Crippen molar-refractivity contribution in [3.8, 4) is 10.6 Å². The summed E-state index contributed by atoms with van der Waals surface area (Å²) >= 11 is 1.45. The minimum atomic E-state index is 0.724. The number of carbonyl (C=O) groups is 1. The summed E-state index contributed by atoms with van der Waals surface area (Å²) in [6.45, 7) is 0. The summed E-state index contributed by atoms with van der Waals surface area (Å²) in [7, 11) is 0. The maximum Gasteiger partial charge on any atom is 0.160 e. The van der Waals surface area contributed by atoms with Gasteiger partial charge in [0, 0.05) is 5.39 Å². The summed E-state index contributed by atoms with van der Waals surface area (Å²) in [5.41, 5.74) is 1.92. The third kappa shape index (κ3) is 1.35. The molecule has 0 radical (unpaired) electrons. The molecule has 0 saturated heterocycles. The van der Waals surface area contributed by atoms with Gasteiger partial charge in [-0.1, -0.05) is 18.2 Å². The predicted molar refractivity (Wildman–Crippen MR) is 64.8 cm³/mol. The average Bonchev–Trinajstić information content (AvgIpc) is 2.94. The Hall–Kier alpha value is -1.94. The van der Waals surface area contributed by atoms with Crippen LogP contribution in [0.3, 0.4) is 0 Å². The standard InChI is InChI=1S/C12H8N2OS/c15-7-8-5-6-11(16-8)12-9-3-1-2-4-10(9)13-14-12/h1-7H,(H,13,14). The van der Waals surface area contributed by atoms with Crippen LogP contribution in [-0.4, -0.2) is 16.5 Å². The zero-order valence-corrected chi connectivity index (χ0v) is 9.12. The Morgan fingerprint density at radius 3 is 2.88 bits per heavy atom. The summed E-state index contributed by atoms with van der Waals surface area (Å²) in [6.07, 6.45) is 0.864. The van der Waals surface area contributed by atoms with Crippen LogP contribution in [0.2, 0.25) is 0 Å². The van der Waals surface area contributed by atoms with Crippen LogP contribution < -0.4 is 0 Å². The van der Waals surface area contributed by atoms with Crippen molar-refractivity contribution in [3.05, 3.63) is 41.3 Å². The number of rotatable bonds is 2. The van der Waals surface area contributed by atoms with Crippen molar-refractivity contribution >= 4 is 28.5 Å². The molecule has 1 N–H and O–H groups in total. The van der Waals surface area contributed by atoms with Gasteiger partial charge in [-0.3, -0.25) is 9.89 Å². The second-order valence-electron chi connectivity index (χ2n) is 3.44. The fourth-order valence-corrected chi connectivity index (χ4v) is 2.52. The zero-order chi connectivity index (χ0) is 11.0. The molecule has 0 atom stereocenters. The fraction of sp³-hybridized carbons (Fsp3) is 0. The Kier molecular flexibility index (Phi) is 2.08. The SMILES string of the molecule is O=Cc1ccc(-c2n[nH]c3ccccc23)s1. The topological polar surface area (TPSA) is 45.8 Å². The van der Waals surface area contributed by atoms with Crippen molar-refractivity contribution in [2.24, 2.45) is 0 Å². The van der Waals surface area contributed by atoms with Gasteiger partial charge in [0.1, 0.15) is 5.69 Å². The van der Waals surface area contributed by atoms with Gasteiger partial charge in [0.25, 0.3) is 0 Å². The first kappa shape index (κ1) is 9.30. The van der Waals surface area contributed by atoms with Crippen LogP contribution in [0.1, 0.15) is 9.67 Å². The summed E-state index contributed by atoms with van der Waals surface area (Å²) in [4.78, 5) is 12.4. The van der Waals surface area contributed by atoms with Gasteiger partial charge in [-0.15, -0.1) is 11.3 Å². The molecule has 0 saturated carbocycles. The van der Waals surface area contributed by atoms with Crippen molar-refractivity contribution in [2.45, 2.75) is 0 Å². The van der Waals surface area contributed by atoms with E-state index in [2.05, 4.69) is 10.2 Å². The molecule has 3 rings (SSSR count). The monoisotopic (exact) mass is 228 g/mol. The van der Waals surface area contributed by atoms with E-state index in [9.17, 15) is 4.79 Å². The van der Waals surface area contributed by atoms with Crippen LogP contribution >= 0.6 is 11.3 Å². The lowest BCUT2D eigenvalue weighted by Gasteiger charge is -1.91. The molecule has 0 aliphatic heterocycles. The number of hydrogen-bond acceptors (Lipinski definition) is 3. The smallest absolute Gasteiger partial charge is 0.160 e. The summed E-state index contributed by atoms with van der Waals surface area (Å²) in [5, 5.41) is 8.35. The van der Waals surface area contributed by atoms with E-state index in [1.54, 1.807) is 0 Å². The number of aromatic amines is 1. The molecule has 0 spiro atoms. The van der Waals surface area contributed by atoms with Gasteiger partial charge < -0.3 is 0 Å². The maximum atomic E-state index is 10.6. The van der Waals surface area contributed by atoms with Crippen molar-refractivity contribution in [3.63, 3.8) is 0 Å². The highest BCUT2D eigenvalue weighted by molar-refractivity contribution is 7.17. The van der Waals surface area contributed by atoms with E-state index in [0.717, 1.165) is 32.6 Å². The number of H-pyrrole nitrogens is 1. The van der Waals surface area contributed by atoms with E-state index in [-0.39, 0.29) is 0 Å². The van der Waals surface area contributed by atoms with E-state index < -0.39 is 0 Å². The van der Waals surface area contributed by atoms with Gasteiger partial charge in [-0.2, -0.15) is 5.10 Å². The molecule has 3 aromatic rings. The number of para-hydroxylation sites is 1. The van der Waals surface area contributed by atoms with E-state index in [4.69, 9.17) is 0 Å². The van der Waals surface area contributed by atoms with Crippen LogP contribution in [0.4, 0.5) is 0 Å². The first-order valence-electron chi connectivity index (χ1n) is 4.87. The zero-order valence-electron chi connectivity index (χ0n) is 8.31. The number of aldehydes is 1. The van der Waals surface area contributed by atoms with Gasteiger partial charge in [0.2, 0.25) is 0 Å². The number of hydrogen-bond donors (Lipinski definition) is 1. The summed E-state index contributed by atoms with van der Waals surface area (Å²) < 4.78 is 0. The molecule has 2 heterocycles. The highest BCUT2D eigenvalue weighted by Crippen LogP contribution is 2.30.